The Morgan fingerprint density at radius 3 is 1.12 bits per heavy atom. The number of nitrogens with one attached hydrogen (secondary N) is 3. The van der Waals surface area contributed by atoms with Gasteiger partial charge in [-0.1, -0.05) is 27.7 Å². The summed E-state index contributed by atoms with van der Waals surface area (Å²) < 4.78 is 0. The monoisotopic (exact) mass is 243 g/mol. The zero-order valence-corrected chi connectivity index (χ0v) is 12.3. The molecule has 0 amide bonds. The van der Waals surface area contributed by atoms with Crippen LogP contribution in [0.1, 0.15) is 40.5 Å². The fourth-order valence-electron chi connectivity index (χ4n) is 1.51. The van der Waals surface area contributed by atoms with Crippen molar-refractivity contribution in [2.24, 2.45) is 11.8 Å². The fraction of sp³-hybridized carbons (Fsp3) is 1.00. The summed E-state index contributed by atoms with van der Waals surface area (Å²) in [6.07, 6.45) is 2.55. The van der Waals surface area contributed by atoms with Gasteiger partial charge < -0.3 is 16.0 Å². The van der Waals surface area contributed by atoms with Gasteiger partial charge in [0.2, 0.25) is 0 Å². The first-order chi connectivity index (χ1) is 8.13. The van der Waals surface area contributed by atoms with E-state index in [2.05, 4.69) is 43.6 Å². The summed E-state index contributed by atoms with van der Waals surface area (Å²) in [5, 5.41) is 10.3. The van der Waals surface area contributed by atoms with Crippen LogP contribution in [0.5, 0.6) is 0 Å². The van der Waals surface area contributed by atoms with Crippen LogP contribution < -0.4 is 16.0 Å². The molecule has 0 unspecified atom stereocenters. The maximum atomic E-state index is 3.45. The molecule has 0 saturated heterocycles. The average molecular weight is 243 g/mol. The molecule has 0 heterocycles. The van der Waals surface area contributed by atoms with Gasteiger partial charge in [-0.05, 0) is 37.8 Å². The molecule has 0 aliphatic rings. The third-order valence-electron chi connectivity index (χ3n) is 2.75. The lowest BCUT2D eigenvalue weighted by Crippen LogP contribution is -2.33. The first kappa shape index (κ1) is 16.9. The number of hydrogen-bond donors (Lipinski definition) is 3. The lowest BCUT2D eigenvalue weighted by molar-refractivity contribution is 0.512. The van der Waals surface area contributed by atoms with Crippen LogP contribution in [0.15, 0.2) is 0 Å². The highest BCUT2D eigenvalue weighted by Gasteiger charge is 1.94. The molecule has 0 aliphatic heterocycles. The smallest absolute Gasteiger partial charge is 0.00772 e. The second-order valence-electron chi connectivity index (χ2n) is 5.62. The molecule has 0 saturated carbocycles. The molecular weight excluding hydrogens is 210 g/mol. The van der Waals surface area contributed by atoms with Crippen molar-refractivity contribution < 1.29 is 0 Å². The van der Waals surface area contributed by atoms with Crippen LogP contribution in [0.2, 0.25) is 0 Å². The number of hydrogen-bond acceptors (Lipinski definition) is 3. The van der Waals surface area contributed by atoms with Crippen LogP contribution in [0.4, 0.5) is 0 Å². The molecule has 0 bridgehead atoms. The van der Waals surface area contributed by atoms with E-state index in [-0.39, 0.29) is 0 Å². The van der Waals surface area contributed by atoms with Crippen LogP contribution >= 0.6 is 0 Å². The van der Waals surface area contributed by atoms with Gasteiger partial charge in [0.25, 0.3) is 0 Å². The minimum atomic E-state index is 0.806. The van der Waals surface area contributed by atoms with E-state index in [4.69, 9.17) is 0 Å². The largest absolute Gasteiger partial charge is 0.315 e. The van der Waals surface area contributed by atoms with Crippen molar-refractivity contribution in [2.75, 3.05) is 39.3 Å². The van der Waals surface area contributed by atoms with E-state index in [1.165, 1.54) is 12.8 Å². The molecule has 0 aromatic heterocycles. The van der Waals surface area contributed by atoms with E-state index in [0.29, 0.717) is 0 Å². The van der Waals surface area contributed by atoms with Gasteiger partial charge in [-0.25, -0.2) is 0 Å². The topological polar surface area (TPSA) is 36.1 Å². The van der Waals surface area contributed by atoms with E-state index in [1.54, 1.807) is 0 Å². The Hall–Kier alpha value is -0.120. The maximum absolute atomic E-state index is 3.45. The minimum Gasteiger partial charge on any atom is -0.315 e. The highest BCUT2D eigenvalue weighted by molar-refractivity contribution is 4.56. The Morgan fingerprint density at radius 1 is 0.529 bits per heavy atom. The van der Waals surface area contributed by atoms with Crippen LogP contribution in [-0.4, -0.2) is 39.3 Å². The molecule has 3 N–H and O–H groups in total. The Kier molecular flexibility index (Phi) is 12.3. The van der Waals surface area contributed by atoms with E-state index >= 15 is 0 Å². The summed E-state index contributed by atoms with van der Waals surface area (Å²) >= 11 is 0. The van der Waals surface area contributed by atoms with E-state index < -0.39 is 0 Å². The van der Waals surface area contributed by atoms with Crippen molar-refractivity contribution in [3.63, 3.8) is 0 Å². The molecule has 3 heteroatoms. The number of rotatable bonds is 12. The van der Waals surface area contributed by atoms with Crippen LogP contribution in [0, 0.1) is 11.8 Å². The normalized spacial score (nSPS) is 11.6. The maximum Gasteiger partial charge on any atom is 0.00772 e. The van der Waals surface area contributed by atoms with Crippen molar-refractivity contribution in [2.45, 2.75) is 40.5 Å². The summed E-state index contributed by atoms with van der Waals surface area (Å²) in [7, 11) is 0. The highest BCUT2D eigenvalue weighted by Crippen LogP contribution is 1.96. The molecule has 0 aromatic carbocycles. The Labute approximate surface area is 108 Å². The zero-order valence-electron chi connectivity index (χ0n) is 12.3. The summed E-state index contributed by atoms with van der Waals surface area (Å²) in [5.41, 5.74) is 0. The summed E-state index contributed by atoms with van der Waals surface area (Å²) in [4.78, 5) is 0. The van der Waals surface area contributed by atoms with Crippen molar-refractivity contribution in [1.29, 1.82) is 0 Å². The molecule has 3 nitrogen and oxygen atoms in total. The molecule has 0 radical (unpaired) electrons. The van der Waals surface area contributed by atoms with Gasteiger partial charge >= 0.3 is 0 Å². The van der Waals surface area contributed by atoms with Gasteiger partial charge in [0.05, 0.1) is 0 Å². The fourth-order valence-corrected chi connectivity index (χ4v) is 1.51. The lowest BCUT2D eigenvalue weighted by atomic mass is 10.1. The minimum absolute atomic E-state index is 0.806. The van der Waals surface area contributed by atoms with Gasteiger partial charge in [0.1, 0.15) is 0 Å². The van der Waals surface area contributed by atoms with Crippen molar-refractivity contribution in [3.05, 3.63) is 0 Å². The lowest BCUT2D eigenvalue weighted by Gasteiger charge is -2.09. The second-order valence-corrected chi connectivity index (χ2v) is 5.62. The zero-order chi connectivity index (χ0) is 12.9. The van der Waals surface area contributed by atoms with E-state index in [0.717, 1.165) is 51.1 Å². The first-order valence-electron chi connectivity index (χ1n) is 7.25. The third-order valence-corrected chi connectivity index (χ3v) is 2.75. The second kappa shape index (κ2) is 12.3. The summed E-state index contributed by atoms with van der Waals surface area (Å²) in [5.74, 6) is 1.61. The quantitative estimate of drug-likeness (QED) is 0.458. The summed E-state index contributed by atoms with van der Waals surface area (Å²) in [6, 6.07) is 0. The molecule has 17 heavy (non-hydrogen) atoms. The van der Waals surface area contributed by atoms with Gasteiger partial charge in [0, 0.05) is 26.2 Å². The Balaban J connectivity index is 2.94. The molecule has 0 spiro atoms. The summed E-state index contributed by atoms with van der Waals surface area (Å²) in [6.45, 7) is 15.7. The van der Waals surface area contributed by atoms with Crippen molar-refractivity contribution >= 4 is 0 Å². The molecule has 0 atom stereocenters. The highest BCUT2D eigenvalue weighted by atomic mass is 15.0. The molecule has 104 valence electrons. The predicted octanol–water partition coefficient (Wildman–Crippen LogP) is 1.85. The van der Waals surface area contributed by atoms with Gasteiger partial charge in [-0.2, -0.15) is 0 Å². The third kappa shape index (κ3) is 15.9. The van der Waals surface area contributed by atoms with Crippen LogP contribution in [0.3, 0.4) is 0 Å². The van der Waals surface area contributed by atoms with Gasteiger partial charge in [-0.15, -0.1) is 0 Å². The first-order valence-corrected chi connectivity index (χ1v) is 7.25. The molecule has 0 aromatic rings. The Bertz CT molecular complexity index is 130. The van der Waals surface area contributed by atoms with Crippen molar-refractivity contribution in [3.8, 4) is 0 Å². The molecule has 0 rings (SSSR count). The predicted molar refractivity (Wildman–Crippen MR) is 77.5 cm³/mol. The average Bonchev–Trinajstić information content (AvgIpc) is 2.25. The molecule has 0 aliphatic carbocycles. The van der Waals surface area contributed by atoms with E-state index in [1.807, 2.05) is 0 Å². The van der Waals surface area contributed by atoms with Crippen molar-refractivity contribution in [1.82, 2.24) is 16.0 Å². The standard InChI is InChI=1S/C14H33N3/c1-13(2)5-7-15-9-11-17-12-10-16-8-6-14(3)4/h13-17H,5-12H2,1-4H3. The van der Waals surface area contributed by atoms with E-state index in [9.17, 15) is 0 Å². The van der Waals surface area contributed by atoms with Crippen LogP contribution in [-0.2, 0) is 0 Å². The van der Waals surface area contributed by atoms with Gasteiger partial charge in [0.15, 0.2) is 0 Å². The SMILES string of the molecule is CC(C)CCNCCNCCNCCC(C)C. The van der Waals surface area contributed by atoms with Crippen LogP contribution in [0.25, 0.3) is 0 Å². The Morgan fingerprint density at radius 2 is 0.824 bits per heavy atom. The molecule has 0 fully saturated rings. The van der Waals surface area contributed by atoms with Gasteiger partial charge in [-0.3, -0.25) is 0 Å². The molecular formula is C14H33N3.